The van der Waals surface area contributed by atoms with Gasteiger partial charge >= 0.3 is 15.6 Å². The number of hydrogen-bond acceptors (Lipinski definition) is 8. The molecule has 1 unspecified atom stereocenters. The summed E-state index contributed by atoms with van der Waals surface area (Å²) in [6, 6.07) is 16.2. The number of alkyl halides is 5. The number of rotatable bonds is 14. The molecule has 0 spiro atoms. The average Bonchev–Trinajstić information content (AvgIpc) is 3.58. The predicted octanol–water partition coefficient (Wildman–Crippen LogP) is 5.76. The molecule has 1 atom stereocenters. The number of halogens is 5. The van der Waals surface area contributed by atoms with E-state index >= 15 is 0 Å². The zero-order valence-corrected chi connectivity index (χ0v) is 28.8. The fourth-order valence-corrected chi connectivity index (χ4v) is 8.66. The quantitative estimate of drug-likeness (QED) is 0.141. The van der Waals surface area contributed by atoms with Crippen molar-refractivity contribution in [2.24, 2.45) is 0 Å². The van der Waals surface area contributed by atoms with Gasteiger partial charge in [0.1, 0.15) is 0 Å². The highest BCUT2D eigenvalue weighted by atomic mass is 35.5. The number of likely N-dealkylation sites (N-methyl/N-ethyl adjacent to an activating group) is 1. The van der Waals surface area contributed by atoms with Gasteiger partial charge in [-0.1, -0.05) is 24.3 Å². The SMILES string of the molecule is CN1c2ccccc2NC1(C(=O)Nc1ccccc1N(CCCl)CCCl)n1ccc(NC(=O)CCS(C)(C)OS(=O)(=O)C(F)(F)F)c1. The minimum atomic E-state index is -5.81. The summed E-state index contributed by atoms with van der Waals surface area (Å²) in [5.41, 5.74) is -2.60. The summed E-state index contributed by atoms with van der Waals surface area (Å²) in [7, 11) is -6.85. The molecule has 47 heavy (non-hydrogen) atoms. The lowest BCUT2D eigenvalue weighted by Crippen LogP contribution is -2.59. The van der Waals surface area contributed by atoms with Crippen LogP contribution in [0.4, 0.5) is 41.6 Å². The molecule has 3 aromatic rings. The van der Waals surface area contributed by atoms with Gasteiger partial charge in [-0.3, -0.25) is 9.59 Å². The van der Waals surface area contributed by atoms with E-state index in [1.807, 2.05) is 41.3 Å². The third kappa shape index (κ3) is 8.05. The number of fused-ring (bicyclic) bond motifs is 1. The molecule has 2 aromatic carbocycles. The Balaban J connectivity index is 1.58. The maximum Gasteiger partial charge on any atom is 0.523 e. The van der Waals surface area contributed by atoms with Crippen LogP contribution >= 0.6 is 33.5 Å². The van der Waals surface area contributed by atoms with Gasteiger partial charge in [-0.05, 0) is 42.8 Å². The van der Waals surface area contributed by atoms with E-state index in [2.05, 4.69) is 19.6 Å². The van der Waals surface area contributed by atoms with Crippen molar-refractivity contribution >= 4 is 83.9 Å². The lowest BCUT2D eigenvalue weighted by molar-refractivity contribution is -0.123. The zero-order chi connectivity index (χ0) is 34.6. The van der Waals surface area contributed by atoms with Gasteiger partial charge in [0.2, 0.25) is 5.91 Å². The van der Waals surface area contributed by atoms with E-state index in [0.29, 0.717) is 41.9 Å². The van der Waals surface area contributed by atoms with Gasteiger partial charge in [0, 0.05) is 56.5 Å². The molecule has 1 aliphatic heterocycles. The molecule has 0 fully saturated rings. The monoisotopic (exact) mass is 738 g/mol. The molecule has 0 radical (unpaired) electrons. The Morgan fingerprint density at radius 3 is 2.28 bits per heavy atom. The summed E-state index contributed by atoms with van der Waals surface area (Å²) in [5.74, 6) is -2.14. The Morgan fingerprint density at radius 1 is 1.00 bits per heavy atom. The molecule has 18 heteroatoms. The molecule has 4 rings (SSSR count). The molecule has 2 amide bonds. The summed E-state index contributed by atoms with van der Waals surface area (Å²) in [6.07, 6.45) is 5.27. The Labute approximate surface area is 283 Å². The third-order valence-electron chi connectivity index (χ3n) is 7.31. The number of carbonyl (C=O) groups is 2. The standard InChI is InChI=1S/C29H35Cl2F3N6O5S2/c1-38-24-10-6-5-9-23(24)37-28(38,27(42)36-22-8-4-7-11-25(22)39(17-14-30)18-15-31)40-16-12-21(20-40)35-26(41)13-19-46(2,3)45-47(43,44)29(32,33)34/h4-12,16,20,37H,13-15,17-19H2,1-3H3,(H,35,41)(H,36,42). The zero-order valence-electron chi connectivity index (χ0n) is 25.7. The minimum Gasteiger partial charge on any atom is -0.367 e. The Kier molecular flexibility index (Phi) is 11.2. The smallest absolute Gasteiger partial charge is 0.367 e. The molecule has 0 saturated carbocycles. The van der Waals surface area contributed by atoms with Crippen LogP contribution in [0.5, 0.6) is 0 Å². The van der Waals surface area contributed by atoms with E-state index in [-0.39, 0.29) is 12.2 Å². The van der Waals surface area contributed by atoms with Gasteiger partial charge < -0.3 is 30.3 Å². The molecule has 1 aromatic heterocycles. The maximum absolute atomic E-state index is 14.4. The van der Waals surface area contributed by atoms with Crippen LogP contribution in [0.2, 0.25) is 0 Å². The van der Waals surface area contributed by atoms with Gasteiger partial charge in [-0.15, -0.1) is 33.5 Å². The fraction of sp³-hybridized carbons (Fsp3) is 0.379. The summed E-state index contributed by atoms with van der Waals surface area (Å²) in [4.78, 5) is 30.9. The molecular formula is C29H35Cl2F3N6O5S2. The number of carbonyl (C=O) groups excluding carboxylic acids is 2. The summed E-state index contributed by atoms with van der Waals surface area (Å²) < 4.78 is 67.3. The molecule has 1 aliphatic rings. The highest BCUT2D eigenvalue weighted by Crippen LogP contribution is 2.47. The molecule has 258 valence electrons. The average molecular weight is 740 g/mol. The molecular weight excluding hydrogens is 704 g/mol. The Hall–Kier alpha value is -3.31. The number of para-hydroxylation sites is 4. The Bertz CT molecular complexity index is 1700. The van der Waals surface area contributed by atoms with Crippen molar-refractivity contribution in [1.29, 1.82) is 0 Å². The lowest BCUT2D eigenvalue weighted by Gasteiger charge is -2.37. The highest BCUT2D eigenvalue weighted by molar-refractivity contribution is 8.32. The molecule has 0 saturated heterocycles. The second-order valence-corrected chi connectivity index (χ2v) is 16.9. The summed E-state index contributed by atoms with van der Waals surface area (Å²) >= 11 is 12.1. The van der Waals surface area contributed by atoms with E-state index in [1.165, 1.54) is 18.7 Å². The van der Waals surface area contributed by atoms with Crippen molar-refractivity contribution in [3.05, 3.63) is 67.0 Å². The number of benzene rings is 2. The predicted molar refractivity (Wildman–Crippen MR) is 183 cm³/mol. The maximum atomic E-state index is 14.4. The van der Waals surface area contributed by atoms with Crippen LogP contribution in [0.15, 0.2) is 67.0 Å². The molecule has 3 N–H and O–H groups in total. The molecule has 0 aliphatic carbocycles. The van der Waals surface area contributed by atoms with Crippen molar-refractivity contribution < 1.29 is 34.8 Å². The first-order valence-corrected chi connectivity index (χ1v) is 19.2. The molecule has 0 bridgehead atoms. The van der Waals surface area contributed by atoms with Gasteiger partial charge in [-0.2, -0.15) is 21.6 Å². The summed E-state index contributed by atoms with van der Waals surface area (Å²) in [5, 5.41) is 9.04. The van der Waals surface area contributed by atoms with E-state index in [9.17, 15) is 31.2 Å². The first-order chi connectivity index (χ1) is 22.0. The largest absolute Gasteiger partial charge is 0.523 e. The number of hydrogen-bond donors (Lipinski definition) is 3. The van der Waals surface area contributed by atoms with Crippen LogP contribution in [0.3, 0.4) is 0 Å². The lowest BCUT2D eigenvalue weighted by atomic mass is 10.2. The minimum absolute atomic E-state index is 0.245. The van der Waals surface area contributed by atoms with Gasteiger partial charge in [-0.25, -0.2) is 3.63 Å². The van der Waals surface area contributed by atoms with E-state index in [1.54, 1.807) is 40.9 Å². The van der Waals surface area contributed by atoms with Crippen molar-refractivity contribution in [2.45, 2.75) is 17.7 Å². The number of aromatic nitrogens is 1. The normalized spacial score (nSPS) is 16.7. The van der Waals surface area contributed by atoms with E-state index in [4.69, 9.17) is 23.2 Å². The van der Waals surface area contributed by atoms with Crippen LogP contribution in [-0.2, 0) is 29.1 Å². The first-order valence-electron chi connectivity index (χ1n) is 14.1. The van der Waals surface area contributed by atoms with Gasteiger partial charge in [0.05, 0.1) is 28.4 Å². The van der Waals surface area contributed by atoms with Gasteiger partial charge in [0.25, 0.3) is 11.7 Å². The number of nitrogens with zero attached hydrogens (tertiary/aromatic N) is 3. The highest BCUT2D eigenvalue weighted by Gasteiger charge is 2.51. The number of anilines is 5. The van der Waals surface area contributed by atoms with Crippen LogP contribution in [0.1, 0.15) is 6.42 Å². The number of amides is 2. The van der Waals surface area contributed by atoms with Crippen molar-refractivity contribution in [3.63, 3.8) is 0 Å². The van der Waals surface area contributed by atoms with Crippen molar-refractivity contribution in [1.82, 2.24) is 4.57 Å². The Morgan fingerprint density at radius 2 is 1.64 bits per heavy atom. The van der Waals surface area contributed by atoms with Crippen molar-refractivity contribution in [2.75, 3.05) is 75.9 Å². The second-order valence-electron chi connectivity index (χ2n) is 10.9. The van der Waals surface area contributed by atoms with Gasteiger partial charge in [0.15, 0.2) is 0 Å². The third-order valence-corrected chi connectivity index (χ3v) is 11.6. The second kappa shape index (κ2) is 14.4. The van der Waals surface area contributed by atoms with Crippen molar-refractivity contribution in [3.8, 4) is 0 Å². The fourth-order valence-electron chi connectivity index (χ4n) is 5.05. The first kappa shape index (κ1) is 36.5. The molecule has 11 nitrogen and oxygen atoms in total. The number of nitrogens with one attached hydrogen (secondary N) is 3. The molecule has 2 heterocycles. The summed E-state index contributed by atoms with van der Waals surface area (Å²) in [6.45, 7) is 0.999. The van der Waals surface area contributed by atoms with E-state index in [0.717, 1.165) is 11.4 Å². The topological polar surface area (TPSA) is 125 Å². The van der Waals surface area contributed by atoms with Crippen LogP contribution in [0, 0.1) is 0 Å². The van der Waals surface area contributed by atoms with Crippen LogP contribution in [-0.4, -0.2) is 80.5 Å². The van der Waals surface area contributed by atoms with E-state index < -0.39 is 43.5 Å². The van der Waals surface area contributed by atoms with Crippen LogP contribution in [0.25, 0.3) is 0 Å². The van der Waals surface area contributed by atoms with Crippen LogP contribution < -0.4 is 25.8 Å².